The van der Waals surface area contributed by atoms with Crippen LogP contribution in [0.5, 0.6) is 0 Å². The van der Waals surface area contributed by atoms with Crippen molar-refractivity contribution in [2.24, 2.45) is 0 Å². The van der Waals surface area contributed by atoms with Crippen LogP contribution in [0.25, 0.3) is 0 Å². The van der Waals surface area contributed by atoms with Crippen LogP contribution in [0.1, 0.15) is 11.1 Å². The van der Waals surface area contributed by atoms with Gasteiger partial charge in [0, 0.05) is 11.8 Å². The number of rotatable bonds is 3. The summed E-state index contributed by atoms with van der Waals surface area (Å²) in [4.78, 5) is 23.9. The van der Waals surface area contributed by atoms with Gasteiger partial charge in [0.25, 0.3) is 5.56 Å². The van der Waals surface area contributed by atoms with Crippen molar-refractivity contribution >= 4 is 17.3 Å². The second kappa shape index (κ2) is 5.61. The minimum Gasteiger partial charge on any atom is -0.397 e. The first-order valence-electron chi connectivity index (χ1n) is 6.30. The zero-order chi connectivity index (χ0) is 14.7. The molecule has 0 unspecified atom stereocenters. The summed E-state index contributed by atoms with van der Waals surface area (Å²) in [7, 11) is 0. The average molecular weight is 271 g/mol. The summed E-state index contributed by atoms with van der Waals surface area (Å²) in [6.07, 6.45) is 1.59. The number of benzene rings is 1. The molecular formula is C15H17N3O2. The molecule has 0 spiro atoms. The monoisotopic (exact) mass is 271 g/mol. The summed E-state index contributed by atoms with van der Waals surface area (Å²) in [5.41, 5.74) is 8.26. The molecule has 104 valence electrons. The molecule has 0 aliphatic heterocycles. The fourth-order valence-electron chi connectivity index (χ4n) is 1.98. The van der Waals surface area contributed by atoms with Gasteiger partial charge < -0.3 is 15.6 Å². The highest BCUT2D eigenvalue weighted by Crippen LogP contribution is 2.22. The molecule has 0 fully saturated rings. The van der Waals surface area contributed by atoms with Crippen LogP contribution >= 0.6 is 0 Å². The van der Waals surface area contributed by atoms with Gasteiger partial charge in [0.05, 0.1) is 11.4 Å². The van der Waals surface area contributed by atoms with Crippen molar-refractivity contribution in [3.8, 4) is 0 Å². The SMILES string of the molecule is Cc1cccc(N)c1NC(=O)Cn1cccc(C)c1=O. The van der Waals surface area contributed by atoms with Crippen LogP contribution < -0.4 is 16.6 Å². The molecule has 1 aromatic carbocycles. The van der Waals surface area contributed by atoms with Crippen LogP contribution in [0.2, 0.25) is 0 Å². The molecule has 0 aliphatic carbocycles. The lowest BCUT2D eigenvalue weighted by Crippen LogP contribution is -2.28. The minimum atomic E-state index is -0.279. The normalized spacial score (nSPS) is 10.3. The first kappa shape index (κ1) is 13.9. The number of pyridine rings is 1. The van der Waals surface area contributed by atoms with Crippen molar-refractivity contribution in [2.45, 2.75) is 20.4 Å². The third-order valence-corrected chi connectivity index (χ3v) is 3.09. The van der Waals surface area contributed by atoms with Crippen LogP contribution in [-0.2, 0) is 11.3 Å². The molecule has 1 aromatic heterocycles. The second-order valence-electron chi connectivity index (χ2n) is 4.71. The maximum Gasteiger partial charge on any atom is 0.253 e. The van der Waals surface area contributed by atoms with E-state index in [1.165, 1.54) is 4.57 Å². The van der Waals surface area contributed by atoms with E-state index in [0.29, 0.717) is 16.9 Å². The third-order valence-electron chi connectivity index (χ3n) is 3.09. The van der Waals surface area contributed by atoms with E-state index in [4.69, 9.17) is 5.73 Å². The smallest absolute Gasteiger partial charge is 0.253 e. The number of nitrogens with two attached hydrogens (primary N) is 1. The summed E-state index contributed by atoms with van der Waals surface area (Å²) in [5.74, 6) is -0.279. The van der Waals surface area contributed by atoms with Gasteiger partial charge >= 0.3 is 0 Å². The van der Waals surface area contributed by atoms with Crippen molar-refractivity contribution in [2.75, 3.05) is 11.1 Å². The van der Waals surface area contributed by atoms with E-state index >= 15 is 0 Å². The first-order valence-corrected chi connectivity index (χ1v) is 6.30. The lowest BCUT2D eigenvalue weighted by molar-refractivity contribution is -0.116. The summed E-state index contributed by atoms with van der Waals surface area (Å²) in [5, 5.41) is 2.75. The Hall–Kier alpha value is -2.56. The minimum absolute atomic E-state index is 0.0334. The highest BCUT2D eigenvalue weighted by Gasteiger charge is 2.09. The average Bonchev–Trinajstić information content (AvgIpc) is 2.39. The number of hydrogen-bond donors (Lipinski definition) is 2. The van der Waals surface area contributed by atoms with Crippen molar-refractivity contribution in [1.82, 2.24) is 4.57 Å². The second-order valence-corrected chi connectivity index (χ2v) is 4.71. The summed E-state index contributed by atoms with van der Waals surface area (Å²) < 4.78 is 1.37. The number of nitrogens with zero attached hydrogens (tertiary/aromatic N) is 1. The largest absolute Gasteiger partial charge is 0.397 e. The molecule has 1 heterocycles. The van der Waals surface area contributed by atoms with Crippen LogP contribution in [0.4, 0.5) is 11.4 Å². The van der Waals surface area contributed by atoms with Crippen LogP contribution in [0.15, 0.2) is 41.3 Å². The van der Waals surface area contributed by atoms with Crippen molar-refractivity contribution in [1.29, 1.82) is 0 Å². The van der Waals surface area contributed by atoms with Gasteiger partial charge in [-0.1, -0.05) is 18.2 Å². The summed E-state index contributed by atoms with van der Waals surface area (Å²) >= 11 is 0. The fourth-order valence-corrected chi connectivity index (χ4v) is 1.98. The Bertz CT molecular complexity index is 684. The van der Waals surface area contributed by atoms with E-state index in [9.17, 15) is 9.59 Å². The van der Waals surface area contributed by atoms with E-state index in [2.05, 4.69) is 5.32 Å². The van der Waals surface area contributed by atoms with Gasteiger partial charge in [0.15, 0.2) is 0 Å². The highest BCUT2D eigenvalue weighted by atomic mass is 16.2. The molecule has 5 nitrogen and oxygen atoms in total. The van der Waals surface area contributed by atoms with Gasteiger partial charge in [0.1, 0.15) is 6.54 Å². The zero-order valence-electron chi connectivity index (χ0n) is 11.5. The number of anilines is 2. The Labute approximate surface area is 117 Å². The molecule has 2 aromatic rings. The number of para-hydroxylation sites is 1. The Morgan fingerprint density at radius 2 is 1.90 bits per heavy atom. The quantitative estimate of drug-likeness (QED) is 0.834. The molecule has 2 rings (SSSR count). The number of aryl methyl sites for hydroxylation is 2. The molecular weight excluding hydrogens is 254 g/mol. The number of amides is 1. The molecule has 3 N–H and O–H groups in total. The fraction of sp³-hybridized carbons (Fsp3) is 0.200. The highest BCUT2D eigenvalue weighted by molar-refractivity contribution is 5.94. The predicted molar refractivity (Wildman–Crippen MR) is 79.7 cm³/mol. The molecule has 20 heavy (non-hydrogen) atoms. The summed E-state index contributed by atoms with van der Waals surface area (Å²) in [6.45, 7) is 3.55. The Balaban J connectivity index is 2.18. The molecule has 5 heteroatoms. The molecule has 0 bridgehead atoms. The van der Waals surface area contributed by atoms with Crippen molar-refractivity contribution in [3.63, 3.8) is 0 Å². The van der Waals surface area contributed by atoms with E-state index in [0.717, 1.165) is 5.56 Å². The van der Waals surface area contributed by atoms with E-state index < -0.39 is 0 Å². The number of nitrogen functional groups attached to an aromatic ring is 1. The Kier molecular flexibility index (Phi) is 3.89. The molecule has 0 radical (unpaired) electrons. The lowest BCUT2D eigenvalue weighted by Gasteiger charge is -2.12. The number of nitrogens with one attached hydrogen (secondary N) is 1. The number of hydrogen-bond acceptors (Lipinski definition) is 3. The van der Waals surface area contributed by atoms with Gasteiger partial charge in [0.2, 0.25) is 5.91 Å². The Morgan fingerprint density at radius 1 is 1.20 bits per heavy atom. The van der Waals surface area contributed by atoms with E-state index in [1.807, 2.05) is 19.1 Å². The standard InChI is InChI=1S/C15H17N3O2/c1-10-5-3-7-12(16)14(10)17-13(19)9-18-8-4-6-11(2)15(18)20/h3-8H,9,16H2,1-2H3,(H,17,19). The first-order chi connectivity index (χ1) is 9.49. The number of aromatic nitrogens is 1. The van der Waals surface area contributed by atoms with Crippen LogP contribution in [-0.4, -0.2) is 10.5 Å². The molecule has 0 saturated heterocycles. The van der Waals surface area contributed by atoms with Crippen molar-refractivity contribution < 1.29 is 4.79 Å². The molecule has 0 aliphatic rings. The van der Waals surface area contributed by atoms with Gasteiger partial charge in [-0.2, -0.15) is 0 Å². The van der Waals surface area contributed by atoms with Gasteiger partial charge in [-0.25, -0.2) is 0 Å². The van der Waals surface area contributed by atoms with Gasteiger partial charge in [-0.3, -0.25) is 9.59 Å². The Morgan fingerprint density at radius 3 is 2.60 bits per heavy atom. The van der Waals surface area contributed by atoms with Crippen LogP contribution in [0, 0.1) is 13.8 Å². The zero-order valence-corrected chi connectivity index (χ0v) is 11.5. The molecule has 0 atom stereocenters. The van der Waals surface area contributed by atoms with E-state index in [-0.39, 0.29) is 18.0 Å². The lowest BCUT2D eigenvalue weighted by atomic mass is 10.1. The molecule has 1 amide bonds. The van der Waals surface area contributed by atoms with Crippen LogP contribution in [0.3, 0.4) is 0 Å². The maximum absolute atomic E-state index is 12.0. The predicted octanol–water partition coefficient (Wildman–Crippen LogP) is 1.69. The van der Waals surface area contributed by atoms with E-state index in [1.54, 1.807) is 31.3 Å². The molecule has 0 saturated carbocycles. The maximum atomic E-state index is 12.0. The third kappa shape index (κ3) is 2.88. The van der Waals surface area contributed by atoms with Gasteiger partial charge in [-0.05, 0) is 31.5 Å². The van der Waals surface area contributed by atoms with Crippen molar-refractivity contribution in [3.05, 3.63) is 58.0 Å². The van der Waals surface area contributed by atoms with Gasteiger partial charge in [-0.15, -0.1) is 0 Å². The summed E-state index contributed by atoms with van der Waals surface area (Å²) in [6, 6.07) is 8.87. The topological polar surface area (TPSA) is 77.1 Å². The number of carbonyl (C=O) groups excluding carboxylic acids is 1. The number of carbonyl (C=O) groups is 1.